The molecule has 0 bridgehead atoms. The van der Waals surface area contributed by atoms with Crippen LogP contribution in [0.25, 0.3) is 44.3 Å². The van der Waals surface area contributed by atoms with Gasteiger partial charge in [0.1, 0.15) is 11.5 Å². The number of hydrogen-bond donors (Lipinski definition) is 4. The van der Waals surface area contributed by atoms with Crippen molar-refractivity contribution in [1.29, 1.82) is 0 Å². The predicted octanol–water partition coefficient (Wildman–Crippen LogP) is 3.29. The molecule has 0 saturated carbocycles. The highest BCUT2D eigenvalue weighted by atomic mass is 19.1. The first-order valence-corrected chi connectivity index (χ1v) is 11.2. The Kier molecular flexibility index (Phi) is 6.42. The fourth-order valence-electron chi connectivity index (χ4n) is 4.05. The first-order chi connectivity index (χ1) is 17.2. The van der Waals surface area contributed by atoms with Crippen molar-refractivity contribution in [3.05, 3.63) is 78.6 Å². The normalized spacial score (nSPS) is 11.3. The Hall–Kier alpha value is -4.21. The van der Waals surface area contributed by atoms with Crippen LogP contribution in [0.15, 0.2) is 67.3 Å². The molecule has 1 amide bonds. The number of rotatable bonds is 8. The van der Waals surface area contributed by atoms with Gasteiger partial charge in [-0.2, -0.15) is 0 Å². The topological polar surface area (TPSA) is 116 Å². The summed E-state index contributed by atoms with van der Waals surface area (Å²) in [5.41, 5.74) is 4.40. The largest absolute Gasteiger partial charge is 0.395 e. The molecule has 5 rings (SSSR count). The van der Waals surface area contributed by atoms with Crippen LogP contribution >= 0.6 is 0 Å². The molecule has 35 heavy (non-hydrogen) atoms. The summed E-state index contributed by atoms with van der Waals surface area (Å²) in [6.45, 7) is 1.51. The van der Waals surface area contributed by atoms with E-state index >= 15 is 4.39 Å². The average Bonchev–Trinajstić information content (AvgIpc) is 3.27. The van der Waals surface area contributed by atoms with Gasteiger partial charge >= 0.3 is 0 Å². The molecule has 0 unspecified atom stereocenters. The lowest BCUT2D eigenvalue weighted by Crippen LogP contribution is -2.32. The number of amides is 1. The molecule has 4 heterocycles. The quantitative estimate of drug-likeness (QED) is 0.259. The molecule has 0 saturated heterocycles. The molecule has 8 nitrogen and oxygen atoms in total. The van der Waals surface area contributed by atoms with Crippen LogP contribution in [0.1, 0.15) is 10.4 Å². The minimum atomic E-state index is -0.453. The van der Waals surface area contributed by atoms with E-state index in [0.29, 0.717) is 47.4 Å². The van der Waals surface area contributed by atoms with Gasteiger partial charge in [0.2, 0.25) is 0 Å². The van der Waals surface area contributed by atoms with E-state index in [0.717, 1.165) is 22.2 Å². The number of aromatic amines is 1. The SMILES string of the molecule is O=C(NCCNCCO)c1ccc(-c2c(F)cnc3[nH]c4cnc(-c5cccnc5)cc4c23)cc1. The molecule has 0 spiro atoms. The number of aliphatic hydroxyl groups is 1. The van der Waals surface area contributed by atoms with E-state index in [4.69, 9.17) is 5.11 Å². The lowest BCUT2D eigenvalue weighted by molar-refractivity contribution is 0.0954. The lowest BCUT2D eigenvalue weighted by atomic mass is 9.99. The van der Waals surface area contributed by atoms with E-state index in [1.54, 1.807) is 42.9 Å². The summed E-state index contributed by atoms with van der Waals surface area (Å²) in [5, 5.41) is 16.0. The molecule has 0 aliphatic carbocycles. The Morgan fingerprint density at radius 1 is 1.00 bits per heavy atom. The van der Waals surface area contributed by atoms with E-state index in [1.807, 2.05) is 18.2 Å². The molecule has 176 valence electrons. The van der Waals surface area contributed by atoms with Crippen LogP contribution in [-0.4, -0.2) is 57.2 Å². The average molecular weight is 471 g/mol. The maximum absolute atomic E-state index is 15.2. The van der Waals surface area contributed by atoms with Gasteiger partial charge in [-0.25, -0.2) is 9.37 Å². The van der Waals surface area contributed by atoms with Gasteiger partial charge in [0.25, 0.3) is 5.91 Å². The molecule has 5 aromatic rings. The van der Waals surface area contributed by atoms with Crippen molar-refractivity contribution in [2.45, 2.75) is 0 Å². The van der Waals surface area contributed by atoms with Crippen LogP contribution in [0, 0.1) is 5.82 Å². The third-order valence-corrected chi connectivity index (χ3v) is 5.73. The Bertz CT molecular complexity index is 1490. The van der Waals surface area contributed by atoms with Crippen molar-refractivity contribution in [3.8, 4) is 22.4 Å². The second kappa shape index (κ2) is 9.96. The number of aliphatic hydroxyl groups excluding tert-OH is 1. The molecule has 4 aromatic heterocycles. The predicted molar refractivity (Wildman–Crippen MR) is 132 cm³/mol. The zero-order valence-electron chi connectivity index (χ0n) is 18.8. The van der Waals surface area contributed by atoms with Gasteiger partial charge in [0.05, 0.1) is 30.2 Å². The van der Waals surface area contributed by atoms with Crippen LogP contribution in [0.5, 0.6) is 0 Å². The molecular formula is C26H23FN6O2. The van der Waals surface area contributed by atoms with Crippen LogP contribution in [-0.2, 0) is 0 Å². The number of aromatic nitrogens is 4. The van der Waals surface area contributed by atoms with Crippen molar-refractivity contribution in [3.63, 3.8) is 0 Å². The fraction of sp³-hybridized carbons (Fsp3) is 0.154. The number of pyridine rings is 3. The van der Waals surface area contributed by atoms with Crippen LogP contribution in [0.2, 0.25) is 0 Å². The number of H-pyrrole nitrogens is 1. The summed E-state index contributed by atoms with van der Waals surface area (Å²) in [5.74, 6) is -0.674. The van der Waals surface area contributed by atoms with E-state index in [-0.39, 0.29) is 12.5 Å². The zero-order valence-corrected chi connectivity index (χ0v) is 18.8. The number of benzene rings is 1. The van der Waals surface area contributed by atoms with Gasteiger partial charge in [-0.3, -0.25) is 14.8 Å². The highest BCUT2D eigenvalue weighted by molar-refractivity contribution is 6.13. The second-order valence-corrected chi connectivity index (χ2v) is 7.99. The maximum atomic E-state index is 15.2. The monoisotopic (exact) mass is 470 g/mol. The summed E-state index contributed by atoms with van der Waals surface area (Å²) in [7, 11) is 0. The molecule has 0 aliphatic heterocycles. The molecule has 1 aromatic carbocycles. The van der Waals surface area contributed by atoms with Crippen LogP contribution in [0.3, 0.4) is 0 Å². The van der Waals surface area contributed by atoms with Crippen LogP contribution in [0.4, 0.5) is 4.39 Å². The van der Waals surface area contributed by atoms with Crippen molar-refractivity contribution in [2.75, 3.05) is 26.2 Å². The lowest BCUT2D eigenvalue weighted by Gasteiger charge is -2.09. The van der Waals surface area contributed by atoms with Gasteiger partial charge in [0.15, 0.2) is 0 Å². The molecule has 0 fully saturated rings. The number of carbonyl (C=O) groups excluding carboxylic acids is 1. The first-order valence-electron chi connectivity index (χ1n) is 11.2. The van der Waals surface area contributed by atoms with E-state index in [9.17, 15) is 4.79 Å². The smallest absolute Gasteiger partial charge is 0.251 e. The molecule has 0 aliphatic rings. The Balaban J connectivity index is 1.50. The van der Waals surface area contributed by atoms with Crippen molar-refractivity contribution < 1.29 is 14.3 Å². The van der Waals surface area contributed by atoms with Gasteiger partial charge in [-0.15, -0.1) is 0 Å². The van der Waals surface area contributed by atoms with E-state index < -0.39 is 5.82 Å². The van der Waals surface area contributed by atoms with Crippen molar-refractivity contribution in [1.82, 2.24) is 30.6 Å². The zero-order chi connectivity index (χ0) is 24.2. The standard InChI is InChI=1S/C26H23FN6O2/c27-20-14-32-25-24(19-12-21(31-15-22(19)33-25)18-2-1-7-29-13-18)23(20)16-3-5-17(6-4-16)26(35)30-9-8-28-10-11-34/h1-7,12-15,28,34H,8-11H2,(H,30,35)(H,32,33). The molecule has 0 radical (unpaired) electrons. The molecular weight excluding hydrogens is 447 g/mol. The highest BCUT2D eigenvalue weighted by Gasteiger charge is 2.18. The van der Waals surface area contributed by atoms with Gasteiger partial charge in [-0.05, 0) is 35.9 Å². The maximum Gasteiger partial charge on any atom is 0.251 e. The summed E-state index contributed by atoms with van der Waals surface area (Å²) in [6.07, 6.45) is 6.34. The number of nitrogens with zero attached hydrogens (tertiary/aromatic N) is 3. The summed E-state index contributed by atoms with van der Waals surface area (Å²) >= 11 is 0. The fourth-order valence-corrected chi connectivity index (χ4v) is 4.05. The summed E-state index contributed by atoms with van der Waals surface area (Å²) < 4.78 is 15.2. The minimum absolute atomic E-state index is 0.0476. The van der Waals surface area contributed by atoms with Gasteiger partial charge in [0, 0.05) is 59.5 Å². The highest BCUT2D eigenvalue weighted by Crippen LogP contribution is 2.36. The third kappa shape index (κ3) is 4.59. The molecule has 9 heteroatoms. The van der Waals surface area contributed by atoms with Crippen molar-refractivity contribution in [2.24, 2.45) is 0 Å². The van der Waals surface area contributed by atoms with E-state index in [1.165, 1.54) is 6.20 Å². The third-order valence-electron chi connectivity index (χ3n) is 5.73. The van der Waals surface area contributed by atoms with E-state index in [2.05, 4.69) is 30.6 Å². The number of hydrogen-bond acceptors (Lipinski definition) is 6. The van der Waals surface area contributed by atoms with Gasteiger partial charge < -0.3 is 20.7 Å². The second-order valence-electron chi connectivity index (χ2n) is 7.99. The number of nitrogens with one attached hydrogen (secondary N) is 3. The van der Waals surface area contributed by atoms with Crippen molar-refractivity contribution >= 4 is 27.8 Å². The number of fused-ring (bicyclic) bond motifs is 3. The Morgan fingerprint density at radius 3 is 2.63 bits per heavy atom. The first kappa shape index (κ1) is 22.6. The number of carbonyl (C=O) groups is 1. The number of halogens is 1. The Labute approximate surface area is 200 Å². The minimum Gasteiger partial charge on any atom is -0.395 e. The molecule has 0 atom stereocenters. The van der Waals surface area contributed by atoms with Gasteiger partial charge in [-0.1, -0.05) is 12.1 Å². The Morgan fingerprint density at radius 2 is 1.86 bits per heavy atom. The molecule has 4 N–H and O–H groups in total. The summed E-state index contributed by atoms with van der Waals surface area (Å²) in [4.78, 5) is 28.6. The summed E-state index contributed by atoms with van der Waals surface area (Å²) in [6, 6.07) is 12.5. The van der Waals surface area contributed by atoms with Crippen LogP contribution < -0.4 is 10.6 Å².